The van der Waals surface area contributed by atoms with Gasteiger partial charge in [-0.25, -0.2) is 4.79 Å². The molecule has 0 bridgehead atoms. The molecule has 0 aromatic heterocycles. The number of methoxy groups -OCH3 is 1. The van der Waals surface area contributed by atoms with Crippen molar-refractivity contribution in [2.24, 2.45) is 0 Å². The summed E-state index contributed by atoms with van der Waals surface area (Å²) in [6.45, 7) is 2.05. The number of benzene rings is 1. The van der Waals surface area contributed by atoms with Gasteiger partial charge in [0, 0.05) is 11.6 Å². The number of aldehydes is 1. The lowest BCUT2D eigenvalue weighted by Gasteiger charge is -2.03. The number of carbonyl (C=O) groups is 2. The van der Waals surface area contributed by atoms with E-state index < -0.39 is 5.97 Å². The molecule has 0 radical (unpaired) electrons. The van der Waals surface area contributed by atoms with Crippen LogP contribution in [0, 0.1) is 0 Å². The van der Waals surface area contributed by atoms with Gasteiger partial charge in [0.15, 0.2) is 6.29 Å². The molecule has 0 unspecified atom stereocenters. The highest BCUT2D eigenvalue weighted by Crippen LogP contribution is 2.17. The zero-order valence-electron chi connectivity index (χ0n) is 9.80. The van der Waals surface area contributed by atoms with Crippen molar-refractivity contribution in [3.05, 3.63) is 35.4 Å². The third kappa shape index (κ3) is 3.75. The quantitative estimate of drug-likeness (QED) is 0.444. The fourth-order valence-corrected chi connectivity index (χ4v) is 1.28. The Kier molecular flexibility index (Phi) is 4.94. The molecule has 0 aliphatic carbocycles. The molecular formula is C13H14O4. The largest absolute Gasteiger partial charge is 0.497 e. The second-order valence-electron chi connectivity index (χ2n) is 3.20. The van der Waals surface area contributed by atoms with E-state index in [1.807, 2.05) is 0 Å². The predicted octanol–water partition coefficient (Wildman–Crippen LogP) is 2.08. The monoisotopic (exact) mass is 234 g/mol. The highest BCUT2D eigenvalue weighted by Gasteiger charge is 2.02. The van der Waals surface area contributed by atoms with Crippen LogP contribution in [-0.2, 0) is 9.53 Å². The molecule has 90 valence electrons. The summed E-state index contributed by atoms with van der Waals surface area (Å²) in [5.41, 5.74) is 1.11. The van der Waals surface area contributed by atoms with E-state index in [-0.39, 0.29) is 0 Å². The second kappa shape index (κ2) is 6.48. The lowest BCUT2D eigenvalue weighted by atomic mass is 10.1. The van der Waals surface area contributed by atoms with Crippen molar-refractivity contribution in [2.75, 3.05) is 13.7 Å². The summed E-state index contributed by atoms with van der Waals surface area (Å²) < 4.78 is 9.79. The van der Waals surface area contributed by atoms with Crippen molar-refractivity contribution in [1.82, 2.24) is 0 Å². The summed E-state index contributed by atoms with van der Waals surface area (Å²) in [5, 5.41) is 0. The van der Waals surface area contributed by atoms with Gasteiger partial charge in [-0.1, -0.05) is 0 Å². The van der Waals surface area contributed by atoms with Gasteiger partial charge in [-0.3, -0.25) is 4.79 Å². The van der Waals surface area contributed by atoms with Crippen molar-refractivity contribution in [3.63, 3.8) is 0 Å². The van der Waals surface area contributed by atoms with Crippen LogP contribution in [0.4, 0.5) is 0 Å². The second-order valence-corrected chi connectivity index (χ2v) is 3.20. The molecule has 0 N–H and O–H groups in total. The average Bonchev–Trinajstić information content (AvgIpc) is 2.36. The normalized spacial score (nSPS) is 10.2. The number of hydrogen-bond donors (Lipinski definition) is 0. The molecule has 4 nitrogen and oxygen atoms in total. The zero-order valence-corrected chi connectivity index (χ0v) is 9.80. The van der Waals surface area contributed by atoms with Crippen LogP contribution in [0.3, 0.4) is 0 Å². The van der Waals surface area contributed by atoms with Crippen LogP contribution in [0.2, 0.25) is 0 Å². The van der Waals surface area contributed by atoms with Gasteiger partial charge in [-0.2, -0.15) is 0 Å². The molecule has 0 saturated heterocycles. The van der Waals surface area contributed by atoms with Crippen molar-refractivity contribution in [3.8, 4) is 5.75 Å². The molecular weight excluding hydrogens is 220 g/mol. The fraction of sp³-hybridized carbons (Fsp3) is 0.231. The van der Waals surface area contributed by atoms with Crippen molar-refractivity contribution < 1.29 is 19.1 Å². The maximum absolute atomic E-state index is 11.1. The molecule has 0 heterocycles. The first kappa shape index (κ1) is 13.0. The molecule has 4 heteroatoms. The van der Waals surface area contributed by atoms with Crippen LogP contribution in [0.1, 0.15) is 22.8 Å². The molecule has 0 atom stereocenters. The number of carbonyl (C=O) groups excluding carboxylic acids is 2. The maximum Gasteiger partial charge on any atom is 0.330 e. The van der Waals surface area contributed by atoms with Crippen LogP contribution in [0.5, 0.6) is 5.75 Å². The van der Waals surface area contributed by atoms with Crippen LogP contribution in [0.25, 0.3) is 6.08 Å². The standard InChI is InChI=1S/C13H14O4/c1-3-17-13(15)7-5-10-8-12(16-2)6-4-11(10)9-14/h4-9H,3H2,1-2H3. The van der Waals surface area contributed by atoms with E-state index in [1.165, 1.54) is 19.3 Å². The van der Waals surface area contributed by atoms with Crippen LogP contribution < -0.4 is 4.74 Å². The predicted molar refractivity (Wildman–Crippen MR) is 64.0 cm³/mol. The molecule has 0 aliphatic rings. The van der Waals surface area contributed by atoms with Crippen molar-refractivity contribution in [1.29, 1.82) is 0 Å². The van der Waals surface area contributed by atoms with Gasteiger partial charge in [0.1, 0.15) is 5.75 Å². The van der Waals surface area contributed by atoms with Crippen molar-refractivity contribution >= 4 is 18.3 Å². The first-order valence-electron chi connectivity index (χ1n) is 5.19. The maximum atomic E-state index is 11.1. The molecule has 0 amide bonds. The van der Waals surface area contributed by atoms with Gasteiger partial charge in [-0.05, 0) is 36.8 Å². The third-order valence-corrected chi connectivity index (χ3v) is 2.11. The Balaban J connectivity index is 2.94. The van der Waals surface area contributed by atoms with Gasteiger partial charge < -0.3 is 9.47 Å². The van der Waals surface area contributed by atoms with Crippen LogP contribution in [0.15, 0.2) is 24.3 Å². The Morgan fingerprint density at radius 3 is 2.71 bits per heavy atom. The van der Waals surface area contributed by atoms with E-state index in [2.05, 4.69) is 0 Å². The summed E-state index contributed by atoms with van der Waals surface area (Å²) in [6, 6.07) is 5.00. The Bertz CT molecular complexity index is 435. The zero-order chi connectivity index (χ0) is 12.7. The van der Waals surface area contributed by atoms with E-state index in [9.17, 15) is 9.59 Å². The van der Waals surface area contributed by atoms with Gasteiger partial charge >= 0.3 is 5.97 Å². The summed E-state index contributed by atoms with van der Waals surface area (Å²) >= 11 is 0. The molecule has 17 heavy (non-hydrogen) atoms. The van der Waals surface area contributed by atoms with Crippen LogP contribution in [-0.4, -0.2) is 26.0 Å². The molecule has 0 fully saturated rings. The number of esters is 1. The summed E-state index contributed by atoms with van der Waals surface area (Å²) in [4.78, 5) is 21.9. The van der Waals surface area contributed by atoms with Crippen molar-refractivity contribution in [2.45, 2.75) is 6.92 Å². The number of rotatable bonds is 5. The highest BCUT2D eigenvalue weighted by atomic mass is 16.5. The van der Waals surface area contributed by atoms with E-state index in [4.69, 9.17) is 9.47 Å². The van der Waals surface area contributed by atoms with E-state index in [0.717, 1.165) is 6.29 Å². The van der Waals surface area contributed by atoms with E-state index >= 15 is 0 Å². The smallest absolute Gasteiger partial charge is 0.330 e. The van der Waals surface area contributed by atoms with E-state index in [0.29, 0.717) is 23.5 Å². The first-order chi connectivity index (χ1) is 8.21. The Morgan fingerprint density at radius 2 is 2.12 bits per heavy atom. The third-order valence-electron chi connectivity index (χ3n) is 2.11. The molecule has 1 rings (SSSR count). The highest BCUT2D eigenvalue weighted by molar-refractivity contribution is 5.90. The minimum absolute atomic E-state index is 0.321. The number of hydrogen-bond acceptors (Lipinski definition) is 4. The molecule has 0 spiro atoms. The molecule has 1 aromatic carbocycles. The summed E-state index contributed by atoms with van der Waals surface area (Å²) in [5.74, 6) is 0.186. The fourth-order valence-electron chi connectivity index (χ4n) is 1.28. The lowest BCUT2D eigenvalue weighted by molar-refractivity contribution is -0.137. The Labute approximate surface area is 99.8 Å². The molecule has 0 aliphatic heterocycles. The van der Waals surface area contributed by atoms with Crippen LogP contribution >= 0.6 is 0 Å². The minimum atomic E-state index is -0.438. The summed E-state index contributed by atoms with van der Waals surface area (Å²) in [6.07, 6.45) is 3.54. The Morgan fingerprint density at radius 1 is 1.35 bits per heavy atom. The van der Waals surface area contributed by atoms with Gasteiger partial charge in [0.25, 0.3) is 0 Å². The topological polar surface area (TPSA) is 52.6 Å². The van der Waals surface area contributed by atoms with E-state index in [1.54, 1.807) is 25.1 Å². The average molecular weight is 234 g/mol. The first-order valence-corrected chi connectivity index (χ1v) is 5.19. The van der Waals surface area contributed by atoms with Gasteiger partial charge in [0.2, 0.25) is 0 Å². The number of ether oxygens (including phenoxy) is 2. The van der Waals surface area contributed by atoms with Gasteiger partial charge in [0.05, 0.1) is 13.7 Å². The van der Waals surface area contributed by atoms with Gasteiger partial charge in [-0.15, -0.1) is 0 Å². The Hall–Kier alpha value is -2.10. The SMILES string of the molecule is CCOC(=O)C=Cc1cc(OC)ccc1C=O. The lowest BCUT2D eigenvalue weighted by Crippen LogP contribution is -1.99. The minimum Gasteiger partial charge on any atom is -0.497 e. The summed E-state index contributed by atoms with van der Waals surface area (Å²) in [7, 11) is 1.54. The molecule has 1 aromatic rings. The molecule has 0 saturated carbocycles.